The molecule has 8 heteroatoms. The van der Waals surface area contributed by atoms with Gasteiger partial charge in [-0.25, -0.2) is 4.98 Å². The second-order valence-corrected chi connectivity index (χ2v) is 4.25. The smallest absolute Gasteiger partial charge is 0.324 e. The average Bonchev–Trinajstić information content (AvgIpc) is 2.81. The number of carbonyl (C=O) groups excluding carboxylic acids is 1. The summed E-state index contributed by atoms with van der Waals surface area (Å²) in [4.78, 5) is 25.5. The maximum absolute atomic E-state index is 11.7. The fourth-order valence-corrected chi connectivity index (χ4v) is 1.93. The number of aromatic nitrogens is 1. The third kappa shape index (κ3) is 2.61. The van der Waals surface area contributed by atoms with Gasteiger partial charge in [0.15, 0.2) is 0 Å². The highest BCUT2D eigenvalue weighted by Gasteiger charge is 2.14. The van der Waals surface area contributed by atoms with Gasteiger partial charge in [0.1, 0.15) is 5.82 Å². The molecule has 0 saturated carbocycles. The first kappa shape index (κ1) is 12.0. The van der Waals surface area contributed by atoms with E-state index in [1.165, 1.54) is 17.6 Å². The quantitative estimate of drug-likeness (QED) is 0.649. The van der Waals surface area contributed by atoms with E-state index in [0.29, 0.717) is 11.5 Å². The van der Waals surface area contributed by atoms with Crippen molar-refractivity contribution in [3.63, 3.8) is 0 Å². The number of nitrogen functional groups attached to an aromatic ring is 1. The van der Waals surface area contributed by atoms with Crippen molar-refractivity contribution in [3.8, 4) is 0 Å². The molecule has 0 atom stereocenters. The molecule has 0 spiro atoms. The number of rotatable bonds is 3. The molecule has 2 aromatic rings. The number of pyridine rings is 1. The van der Waals surface area contributed by atoms with Crippen LogP contribution in [0.1, 0.15) is 10.4 Å². The second kappa shape index (κ2) is 4.80. The zero-order valence-electron chi connectivity index (χ0n) is 8.99. The van der Waals surface area contributed by atoms with E-state index in [0.717, 1.165) is 11.3 Å². The molecule has 2 rings (SSSR count). The van der Waals surface area contributed by atoms with Crippen LogP contribution in [0.3, 0.4) is 0 Å². The predicted molar refractivity (Wildman–Crippen MR) is 67.6 cm³/mol. The highest BCUT2D eigenvalue weighted by molar-refractivity contribution is 7.13. The molecule has 2 heterocycles. The Balaban J connectivity index is 2.11. The van der Waals surface area contributed by atoms with E-state index >= 15 is 0 Å². The normalized spacial score (nSPS) is 10.0. The van der Waals surface area contributed by atoms with E-state index < -0.39 is 10.8 Å². The molecule has 92 valence electrons. The summed E-state index contributed by atoms with van der Waals surface area (Å²) in [6, 6.07) is 4.37. The van der Waals surface area contributed by atoms with Crippen molar-refractivity contribution in [1.82, 2.24) is 4.98 Å². The zero-order chi connectivity index (χ0) is 13.1. The Morgan fingerprint density at radius 3 is 2.83 bits per heavy atom. The molecule has 0 aliphatic heterocycles. The van der Waals surface area contributed by atoms with Crippen LogP contribution in [0.4, 0.5) is 16.5 Å². The van der Waals surface area contributed by atoms with Gasteiger partial charge in [-0.3, -0.25) is 14.9 Å². The number of nitrogens with one attached hydrogen (secondary N) is 1. The number of hydrogen-bond acceptors (Lipinski definition) is 6. The van der Waals surface area contributed by atoms with Crippen LogP contribution in [0.25, 0.3) is 0 Å². The van der Waals surface area contributed by atoms with Crippen molar-refractivity contribution in [2.24, 2.45) is 0 Å². The van der Waals surface area contributed by atoms with Crippen LogP contribution in [0, 0.1) is 10.1 Å². The highest BCUT2D eigenvalue weighted by atomic mass is 32.1. The molecule has 0 saturated heterocycles. The highest BCUT2D eigenvalue weighted by Crippen LogP contribution is 2.23. The number of anilines is 2. The first-order chi connectivity index (χ1) is 8.56. The molecular formula is C10H8N4O3S. The first-order valence-corrected chi connectivity index (χ1v) is 5.70. The number of nitrogens with two attached hydrogens (primary N) is 1. The van der Waals surface area contributed by atoms with Gasteiger partial charge in [0.2, 0.25) is 0 Å². The molecule has 7 nitrogen and oxygen atoms in total. The molecule has 2 aromatic heterocycles. The van der Waals surface area contributed by atoms with Crippen LogP contribution in [0.2, 0.25) is 0 Å². The summed E-state index contributed by atoms with van der Waals surface area (Å²) in [5, 5.41) is 14.4. The lowest BCUT2D eigenvalue weighted by Crippen LogP contribution is -2.11. The van der Waals surface area contributed by atoms with E-state index in [9.17, 15) is 14.9 Å². The molecule has 0 fully saturated rings. The minimum atomic E-state index is -0.535. The minimum Gasteiger partial charge on any atom is -0.384 e. The van der Waals surface area contributed by atoms with Gasteiger partial charge < -0.3 is 11.1 Å². The molecule has 0 radical (unpaired) electrons. The number of nitro groups is 1. The van der Waals surface area contributed by atoms with Crippen LogP contribution in [0.5, 0.6) is 0 Å². The Hall–Kier alpha value is -2.48. The summed E-state index contributed by atoms with van der Waals surface area (Å²) < 4.78 is 0. The minimum absolute atomic E-state index is 0.0735. The topological polar surface area (TPSA) is 111 Å². The Morgan fingerprint density at radius 1 is 1.50 bits per heavy atom. The fourth-order valence-electron chi connectivity index (χ4n) is 1.22. The van der Waals surface area contributed by atoms with E-state index in [1.807, 2.05) is 0 Å². The monoisotopic (exact) mass is 264 g/mol. The summed E-state index contributed by atoms with van der Waals surface area (Å²) in [6.45, 7) is 0. The van der Waals surface area contributed by atoms with Gasteiger partial charge in [0, 0.05) is 11.4 Å². The fraction of sp³-hybridized carbons (Fsp3) is 0. The Morgan fingerprint density at radius 2 is 2.28 bits per heavy atom. The van der Waals surface area contributed by atoms with E-state index in [4.69, 9.17) is 5.73 Å². The van der Waals surface area contributed by atoms with Gasteiger partial charge in [-0.15, -0.1) is 0 Å². The number of carbonyl (C=O) groups is 1. The predicted octanol–water partition coefficient (Wildman–Crippen LogP) is 1.89. The SMILES string of the molecule is Nc1ccc(NC(=O)c2csc([N+](=O)[O-])c2)cn1. The zero-order valence-corrected chi connectivity index (χ0v) is 9.81. The lowest BCUT2D eigenvalue weighted by molar-refractivity contribution is -0.380. The summed E-state index contributed by atoms with van der Waals surface area (Å²) in [5.41, 5.74) is 6.12. The molecule has 18 heavy (non-hydrogen) atoms. The van der Waals surface area contributed by atoms with Crippen molar-refractivity contribution in [2.75, 3.05) is 11.1 Å². The Labute approximate surface area is 105 Å². The van der Waals surface area contributed by atoms with Gasteiger partial charge in [-0.2, -0.15) is 0 Å². The molecule has 0 aliphatic carbocycles. The van der Waals surface area contributed by atoms with Gasteiger partial charge in [-0.05, 0) is 12.1 Å². The van der Waals surface area contributed by atoms with Crippen molar-refractivity contribution >= 4 is 33.8 Å². The summed E-state index contributed by atoms with van der Waals surface area (Å²) in [7, 11) is 0. The Bertz CT molecular complexity index is 593. The largest absolute Gasteiger partial charge is 0.384 e. The van der Waals surface area contributed by atoms with Gasteiger partial charge in [0.05, 0.1) is 22.4 Å². The third-order valence-corrected chi connectivity index (χ3v) is 2.95. The third-order valence-electron chi connectivity index (χ3n) is 2.07. The van der Waals surface area contributed by atoms with Gasteiger partial charge in [-0.1, -0.05) is 11.3 Å². The summed E-state index contributed by atoms with van der Waals surface area (Å²) >= 11 is 0.903. The molecule has 0 aliphatic rings. The summed E-state index contributed by atoms with van der Waals surface area (Å²) in [5.74, 6) is -0.0786. The van der Waals surface area contributed by atoms with E-state index in [2.05, 4.69) is 10.3 Å². The molecule has 1 amide bonds. The molecule has 3 N–H and O–H groups in total. The van der Waals surface area contributed by atoms with Gasteiger partial charge >= 0.3 is 5.00 Å². The van der Waals surface area contributed by atoms with Crippen LogP contribution < -0.4 is 11.1 Å². The molecule has 0 aromatic carbocycles. The van der Waals surface area contributed by atoms with Crippen molar-refractivity contribution in [1.29, 1.82) is 0 Å². The average molecular weight is 264 g/mol. The van der Waals surface area contributed by atoms with Crippen molar-refractivity contribution in [2.45, 2.75) is 0 Å². The first-order valence-electron chi connectivity index (χ1n) is 4.82. The molecule has 0 bridgehead atoms. The van der Waals surface area contributed by atoms with Crippen LogP contribution in [0.15, 0.2) is 29.8 Å². The summed E-state index contributed by atoms with van der Waals surface area (Å²) in [6.07, 6.45) is 1.41. The lowest BCUT2D eigenvalue weighted by atomic mass is 10.3. The maximum atomic E-state index is 11.7. The van der Waals surface area contributed by atoms with E-state index in [1.54, 1.807) is 12.1 Å². The number of hydrogen-bond donors (Lipinski definition) is 2. The number of nitrogens with zero attached hydrogens (tertiary/aromatic N) is 2. The van der Waals surface area contributed by atoms with Crippen molar-refractivity contribution in [3.05, 3.63) is 45.5 Å². The van der Waals surface area contributed by atoms with Gasteiger partial charge in [0.25, 0.3) is 5.91 Å². The van der Waals surface area contributed by atoms with E-state index in [-0.39, 0.29) is 10.6 Å². The maximum Gasteiger partial charge on any atom is 0.324 e. The number of amides is 1. The van der Waals surface area contributed by atoms with Crippen LogP contribution in [-0.4, -0.2) is 15.8 Å². The lowest BCUT2D eigenvalue weighted by Gasteiger charge is -2.02. The van der Waals surface area contributed by atoms with Crippen LogP contribution >= 0.6 is 11.3 Å². The number of thiophene rings is 1. The Kier molecular flexibility index (Phi) is 3.20. The van der Waals surface area contributed by atoms with Crippen LogP contribution in [-0.2, 0) is 0 Å². The molecule has 0 unspecified atom stereocenters. The van der Waals surface area contributed by atoms with Crippen molar-refractivity contribution < 1.29 is 9.72 Å². The standard InChI is InChI=1S/C10H8N4O3S/c11-8-2-1-7(4-12-8)13-10(15)6-3-9(14(16)17)18-5-6/h1-5H,(H2,11,12)(H,13,15). The molecular weight excluding hydrogens is 256 g/mol. The second-order valence-electron chi connectivity index (χ2n) is 3.36.